The minimum absolute atomic E-state index is 0.0404. The standard InChI is InChI=1S/C20H18N4O2/c1-13-15-10-6-7-11-16(15)22-17(21-13)12-24-18(25)20(2,23-19(24)26)14-8-4-3-5-9-14/h3-11H,12H2,1-2H3,(H,23,26)/t20-/m1/s1. The van der Waals surface area contributed by atoms with Crippen molar-refractivity contribution in [3.63, 3.8) is 0 Å². The number of aryl methyl sites for hydroxylation is 1. The Hall–Kier alpha value is -3.28. The molecule has 1 aromatic heterocycles. The molecule has 6 nitrogen and oxygen atoms in total. The third-order valence-electron chi connectivity index (χ3n) is 4.77. The minimum atomic E-state index is -1.08. The van der Waals surface area contributed by atoms with Crippen LogP contribution in [0.4, 0.5) is 4.79 Å². The van der Waals surface area contributed by atoms with Gasteiger partial charge in [0.05, 0.1) is 12.1 Å². The molecule has 0 aliphatic carbocycles. The number of benzene rings is 2. The Balaban J connectivity index is 1.67. The van der Waals surface area contributed by atoms with Crippen LogP contribution >= 0.6 is 0 Å². The molecule has 3 amide bonds. The van der Waals surface area contributed by atoms with Crippen LogP contribution in [0.3, 0.4) is 0 Å². The van der Waals surface area contributed by atoms with Gasteiger partial charge in [0.2, 0.25) is 0 Å². The molecular formula is C20H18N4O2. The van der Waals surface area contributed by atoms with Crippen molar-refractivity contribution in [1.29, 1.82) is 0 Å². The maximum absolute atomic E-state index is 13.0. The Morgan fingerprint density at radius 3 is 2.46 bits per heavy atom. The van der Waals surface area contributed by atoms with Crippen molar-refractivity contribution in [2.45, 2.75) is 25.9 Å². The van der Waals surface area contributed by atoms with Crippen molar-refractivity contribution in [1.82, 2.24) is 20.2 Å². The first-order chi connectivity index (χ1) is 12.5. The SMILES string of the molecule is Cc1nc(CN2C(=O)N[C@](C)(c3ccccc3)C2=O)nc2ccccc12. The zero-order valence-corrected chi connectivity index (χ0v) is 14.6. The number of nitrogens with one attached hydrogen (secondary N) is 1. The number of carbonyl (C=O) groups is 2. The van der Waals surface area contributed by atoms with Gasteiger partial charge in [-0.15, -0.1) is 0 Å². The van der Waals surface area contributed by atoms with Crippen LogP contribution in [-0.4, -0.2) is 26.8 Å². The van der Waals surface area contributed by atoms with E-state index in [2.05, 4.69) is 15.3 Å². The summed E-state index contributed by atoms with van der Waals surface area (Å²) in [5.74, 6) is 0.144. The zero-order chi connectivity index (χ0) is 18.3. The maximum atomic E-state index is 13.0. The average molecular weight is 346 g/mol. The van der Waals surface area contributed by atoms with E-state index in [9.17, 15) is 9.59 Å². The molecule has 6 heteroatoms. The van der Waals surface area contributed by atoms with Gasteiger partial charge in [-0.3, -0.25) is 9.69 Å². The van der Waals surface area contributed by atoms with Crippen LogP contribution in [0.2, 0.25) is 0 Å². The molecular weight excluding hydrogens is 328 g/mol. The van der Waals surface area contributed by atoms with E-state index in [-0.39, 0.29) is 12.5 Å². The van der Waals surface area contributed by atoms with Crippen LogP contribution in [0.25, 0.3) is 10.9 Å². The van der Waals surface area contributed by atoms with Crippen molar-refractivity contribution >= 4 is 22.8 Å². The smallest absolute Gasteiger partial charge is 0.319 e. The van der Waals surface area contributed by atoms with Crippen LogP contribution < -0.4 is 5.32 Å². The number of aromatic nitrogens is 2. The molecule has 3 aromatic rings. The van der Waals surface area contributed by atoms with Gasteiger partial charge >= 0.3 is 6.03 Å². The Kier molecular flexibility index (Phi) is 3.68. The number of imide groups is 1. The molecule has 1 aliphatic rings. The summed E-state index contributed by atoms with van der Waals surface area (Å²) in [5.41, 5.74) is 1.29. The van der Waals surface area contributed by atoms with Gasteiger partial charge < -0.3 is 5.32 Å². The summed E-state index contributed by atoms with van der Waals surface area (Å²) in [6.45, 7) is 3.65. The normalized spacial score (nSPS) is 19.8. The molecule has 0 unspecified atom stereocenters. The molecule has 2 heterocycles. The number of carbonyl (C=O) groups excluding carboxylic acids is 2. The predicted molar refractivity (Wildman–Crippen MR) is 97.2 cm³/mol. The topological polar surface area (TPSA) is 75.2 Å². The van der Waals surface area contributed by atoms with Crippen molar-refractivity contribution in [3.8, 4) is 0 Å². The lowest BCUT2D eigenvalue weighted by molar-refractivity contribution is -0.131. The summed E-state index contributed by atoms with van der Waals surface area (Å²) in [6.07, 6.45) is 0. The molecule has 1 atom stereocenters. The second-order valence-corrected chi connectivity index (χ2v) is 6.55. The van der Waals surface area contributed by atoms with Crippen molar-refractivity contribution in [2.75, 3.05) is 0 Å². The number of urea groups is 1. The highest BCUT2D eigenvalue weighted by molar-refractivity contribution is 6.07. The van der Waals surface area contributed by atoms with E-state index >= 15 is 0 Å². The molecule has 1 saturated heterocycles. The summed E-state index contributed by atoms with van der Waals surface area (Å²) in [7, 11) is 0. The molecule has 1 fully saturated rings. The third-order valence-corrected chi connectivity index (χ3v) is 4.77. The molecule has 1 aliphatic heterocycles. The van der Waals surface area contributed by atoms with Gasteiger partial charge in [-0.2, -0.15) is 0 Å². The van der Waals surface area contributed by atoms with Crippen LogP contribution in [0.1, 0.15) is 24.0 Å². The predicted octanol–water partition coefficient (Wildman–Crippen LogP) is 2.91. The van der Waals surface area contributed by atoms with E-state index in [4.69, 9.17) is 0 Å². The highest BCUT2D eigenvalue weighted by Gasteiger charge is 2.49. The Labute approximate surface area is 150 Å². The van der Waals surface area contributed by atoms with E-state index in [1.54, 1.807) is 6.92 Å². The Morgan fingerprint density at radius 1 is 1.00 bits per heavy atom. The first kappa shape index (κ1) is 16.2. The molecule has 26 heavy (non-hydrogen) atoms. The monoisotopic (exact) mass is 346 g/mol. The number of hydrogen-bond donors (Lipinski definition) is 1. The van der Waals surface area contributed by atoms with Gasteiger partial charge in [0.25, 0.3) is 5.91 Å². The fourth-order valence-corrected chi connectivity index (χ4v) is 3.31. The lowest BCUT2D eigenvalue weighted by Crippen LogP contribution is -2.40. The molecule has 0 spiro atoms. The van der Waals surface area contributed by atoms with E-state index in [1.165, 1.54) is 4.90 Å². The quantitative estimate of drug-likeness (QED) is 0.740. The maximum Gasteiger partial charge on any atom is 0.325 e. The van der Waals surface area contributed by atoms with Gasteiger partial charge in [0.1, 0.15) is 11.4 Å². The first-order valence-electron chi connectivity index (χ1n) is 8.41. The van der Waals surface area contributed by atoms with Gasteiger partial charge in [-0.05, 0) is 25.5 Å². The van der Waals surface area contributed by atoms with Crippen LogP contribution in [-0.2, 0) is 16.9 Å². The molecule has 0 saturated carbocycles. The summed E-state index contributed by atoms with van der Waals surface area (Å²) < 4.78 is 0. The second kappa shape index (κ2) is 5.91. The van der Waals surface area contributed by atoms with E-state index in [0.717, 1.165) is 22.2 Å². The number of nitrogens with zero attached hydrogens (tertiary/aromatic N) is 3. The molecule has 2 aromatic carbocycles. The first-order valence-corrected chi connectivity index (χ1v) is 8.41. The summed E-state index contributed by atoms with van der Waals surface area (Å²) >= 11 is 0. The molecule has 1 N–H and O–H groups in total. The third kappa shape index (κ3) is 2.50. The molecule has 130 valence electrons. The summed E-state index contributed by atoms with van der Waals surface area (Å²) in [6, 6.07) is 16.5. The van der Waals surface area contributed by atoms with Gasteiger partial charge in [0.15, 0.2) is 0 Å². The largest absolute Gasteiger partial charge is 0.325 e. The number of fused-ring (bicyclic) bond motifs is 1. The summed E-state index contributed by atoms with van der Waals surface area (Å²) in [4.78, 5) is 35.6. The van der Waals surface area contributed by atoms with E-state index in [1.807, 2.05) is 61.5 Å². The van der Waals surface area contributed by atoms with Gasteiger partial charge in [0, 0.05) is 11.1 Å². The Bertz CT molecular complexity index is 1020. The lowest BCUT2D eigenvalue weighted by atomic mass is 9.92. The molecule has 0 radical (unpaired) electrons. The Morgan fingerprint density at radius 2 is 1.69 bits per heavy atom. The van der Waals surface area contributed by atoms with Gasteiger partial charge in [-0.25, -0.2) is 14.8 Å². The summed E-state index contributed by atoms with van der Waals surface area (Å²) in [5, 5.41) is 3.76. The van der Waals surface area contributed by atoms with Crippen LogP contribution in [0.5, 0.6) is 0 Å². The number of rotatable bonds is 3. The zero-order valence-electron chi connectivity index (χ0n) is 14.6. The minimum Gasteiger partial charge on any atom is -0.319 e. The van der Waals surface area contributed by atoms with E-state index in [0.29, 0.717) is 5.82 Å². The van der Waals surface area contributed by atoms with Crippen molar-refractivity contribution in [2.24, 2.45) is 0 Å². The highest BCUT2D eigenvalue weighted by atomic mass is 16.2. The van der Waals surface area contributed by atoms with Gasteiger partial charge in [-0.1, -0.05) is 48.5 Å². The number of para-hydroxylation sites is 1. The highest BCUT2D eigenvalue weighted by Crippen LogP contribution is 2.29. The van der Waals surface area contributed by atoms with Crippen LogP contribution in [0.15, 0.2) is 54.6 Å². The molecule has 0 bridgehead atoms. The fourth-order valence-electron chi connectivity index (χ4n) is 3.31. The average Bonchev–Trinajstić information content (AvgIpc) is 2.87. The second-order valence-electron chi connectivity index (χ2n) is 6.55. The number of amides is 3. The van der Waals surface area contributed by atoms with E-state index < -0.39 is 11.6 Å². The fraction of sp³-hybridized carbons (Fsp3) is 0.200. The molecule has 4 rings (SSSR count). The van der Waals surface area contributed by atoms with Crippen molar-refractivity contribution in [3.05, 3.63) is 71.7 Å². The van der Waals surface area contributed by atoms with Crippen molar-refractivity contribution < 1.29 is 9.59 Å². The lowest BCUT2D eigenvalue weighted by Gasteiger charge is -2.22. The van der Waals surface area contributed by atoms with Crippen LogP contribution in [0, 0.1) is 6.92 Å². The number of hydrogen-bond acceptors (Lipinski definition) is 4.